The monoisotopic (exact) mass is 497 g/mol. The molecule has 3 N–H and O–H groups in total. The maximum absolute atomic E-state index is 12.3. The minimum Gasteiger partial charge on any atom is -0.497 e. The number of methoxy groups -OCH3 is 1. The Labute approximate surface area is 171 Å². The van der Waals surface area contributed by atoms with E-state index in [2.05, 4.69) is 48.0 Å². The molecule has 9 heteroatoms. The van der Waals surface area contributed by atoms with Crippen LogP contribution in [0.4, 0.5) is 5.69 Å². The number of furan rings is 1. The van der Waals surface area contributed by atoms with Crippen LogP contribution in [-0.2, 0) is 0 Å². The molecular formula is C17H13Br2N3O3S. The van der Waals surface area contributed by atoms with Gasteiger partial charge in [0.15, 0.2) is 10.9 Å². The topological polar surface area (TPSA) is 75.5 Å². The van der Waals surface area contributed by atoms with E-state index in [9.17, 15) is 4.79 Å². The number of fused-ring (bicyclic) bond motifs is 1. The SMILES string of the molecule is COc1ccc(NC(=S)NNC(=O)c2cc3cc(Br)cc(Br)c3o2)cc1. The molecule has 0 saturated heterocycles. The summed E-state index contributed by atoms with van der Waals surface area (Å²) >= 11 is 12.0. The average molecular weight is 499 g/mol. The van der Waals surface area contributed by atoms with E-state index in [0.717, 1.165) is 25.8 Å². The number of rotatable bonds is 3. The Kier molecular flexibility index (Phi) is 5.80. The minimum absolute atomic E-state index is 0.165. The average Bonchev–Trinajstić information content (AvgIpc) is 3.05. The summed E-state index contributed by atoms with van der Waals surface area (Å²) in [7, 11) is 1.60. The van der Waals surface area contributed by atoms with Gasteiger partial charge in [0.1, 0.15) is 11.3 Å². The molecule has 0 aliphatic carbocycles. The fourth-order valence-electron chi connectivity index (χ4n) is 2.20. The van der Waals surface area contributed by atoms with Crippen molar-refractivity contribution in [2.75, 3.05) is 12.4 Å². The zero-order valence-electron chi connectivity index (χ0n) is 13.4. The molecular weight excluding hydrogens is 486 g/mol. The zero-order chi connectivity index (χ0) is 18.7. The third-order valence-electron chi connectivity index (χ3n) is 3.40. The van der Waals surface area contributed by atoms with Crippen LogP contribution in [-0.4, -0.2) is 18.1 Å². The molecule has 134 valence electrons. The number of hydrogen-bond donors (Lipinski definition) is 3. The van der Waals surface area contributed by atoms with Crippen LogP contribution in [0, 0.1) is 0 Å². The Morgan fingerprint density at radius 1 is 1.12 bits per heavy atom. The second-order valence-corrected chi connectivity index (χ2v) is 7.36. The van der Waals surface area contributed by atoms with Crippen LogP contribution in [0.25, 0.3) is 11.0 Å². The van der Waals surface area contributed by atoms with Gasteiger partial charge in [-0.3, -0.25) is 15.6 Å². The van der Waals surface area contributed by atoms with E-state index in [1.165, 1.54) is 0 Å². The van der Waals surface area contributed by atoms with Gasteiger partial charge in [-0.05, 0) is 70.6 Å². The standard InChI is InChI=1S/C17H13Br2N3O3S/c1-24-12-4-2-11(3-5-12)20-17(26)22-21-16(23)14-7-9-6-10(18)8-13(19)15(9)25-14/h2-8H,1H3,(H,21,23)(H2,20,22,26). The zero-order valence-corrected chi connectivity index (χ0v) is 17.4. The van der Waals surface area contributed by atoms with Crippen LogP contribution in [0.2, 0.25) is 0 Å². The smallest absolute Gasteiger partial charge is 0.305 e. The van der Waals surface area contributed by atoms with Gasteiger partial charge in [0.25, 0.3) is 0 Å². The molecule has 0 aliphatic rings. The molecule has 26 heavy (non-hydrogen) atoms. The van der Waals surface area contributed by atoms with Crippen molar-refractivity contribution in [1.29, 1.82) is 0 Å². The summed E-state index contributed by atoms with van der Waals surface area (Å²) in [4.78, 5) is 12.3. The summed E-state index contributed by atoms with van der Waals surface area (Å²) in [5, 5.41) is 3.99. The molecule has 0 fully saturated rings. The Morgan fingerprint density at radius 3 is 2.54 bits per heavy atom. The lowest BCUT2D eigenvalue weighted by molar-refractivity contribution is 0.0918. The van der Waals surface area contributed by atoms with E-state index in [0.29, 0.717) is 5.58 Å². The van der Waals surface area contributed by atoms with Gasteiger partial charge in [-0.25, -0.2) is 0 Å². The van der Waals surface area contributed by atoms with Gasteiger partial charge in [0.05, 0.1) is 11.6 Å². The van der Waals surface area contributed by atoms with E-state index >= 15 is 0 Å². The van der Waals surface area contributed by atoms with Crippen LogP contribution < -0.4 is 20.9 Å². The molecule has 0 radical (unpaired) electrons. The van der Waals surface area contributed by atoms with Gasteiger partial charge in [-0.1, -0.05) is 15.9 Å². The Bertz CT molecular complexity index is 973. The van der Waals surface area contributed by atoms with E-state index in [1.54, 1.807) is 25.3 Å². The lowest BCUT2D eigenvalue weighted by Crippen LogP contribution is -2.43. The van der Waals surface area contributed by atoms with Gasteiger partial charge in [-0.15, -0.1) is 0 Å². The fourth-order valence-corrected chi connectivity index (χ4v) is 3.71. The first-order valence-corrected chi connectivity index (χ1v) is 9.35. The van der Waals surface area contributed by atoms with Crippen LogP contribution in [0.3, 0.4) is 0 Å². The highest BCUT2D eigenvalue weighted by molar-refractivity contribution is 9.11. The van der Waals surface area contributed by atoms with Gasteiger partial charge < -0.3 is 14.5 Å². The minimum atomic E-state index is -0.442. The molecule has 3 rings (SSSR count). The summed E-state index contributed by atoms with van der Waals surface area (Å²) in [6.45, 7) is 0. The van der Waals surface area contributed by atoms with Crippen LogP contribution in [0.15, 0.2) is 55.8 Å². The number of halogens is 2. The molecule has 1 aromatic heterocycles. The van der Waals surface area contributed by atoms with Crippen molar-refractivity contribution in [3.63, 3.8) is 0 Å². The van der Waals surface area contributed by atoms with Crippen LogP contribution in [0.1, 0.15) is 10.6 Å². The van der Waals surface area contributed by atoms with Crippen molar-refractivity contribution in [3.8, 4) is 5.75 Å². The number of nitrogens with one attached hydrogen (secondary N) is 3. The molecule has 6 nitrogen and oxygen atoms in total. The molecule has 0 aliphatic heterocycles. The Hall–Kier alpha value is -2.10. The Morgan fingerprint density at radius 2 is 1.85 bits per heavy atom. The van der Waals surface area contributed by atoms with E-state index in [-0.39, 0.29) is 10.9 Å². The molecule has 1 heterocycles. The molecule has 0 unspecified atom stereocenters. The maximum Gasteiger partial charge on any atom is 0.305 e. The maximum atomic E-state index is 12.3. The first-order valence-electron chi connectivity index (χ1n) is 7.36. The summed E-state index contributed by atoms with van der Waals surface area (Å²) in [6.07, 6.45) is 0. The van der Waals surface area contributed by atoms with Crippen LogP contribution in [0.5, 0.6) is 5.75 Å². The van der Waals surface area contributed by atoms with Crippen molar-refractivity contribution in [3.05, 3.63) is 57.2 Å². The van der Waals surface area contributed by atoms with Crippen molar-refractivity contribution in [1.82, 2.24) is 10.9 Å². The second-order valence-electron chi connectivity index (χ2n) is 5.18. The molecule has 0 spiro atoms. The van der Waals surface area contributed by atoms with Gasteiger partial charge in [-0.2, -0.15) is 0 Å². The van der Waals surface area contributed by atoms with E-state index in [1.807, 2.05) is 24.3 Å². The van der Waals surface area contributed by atoms with E-state index in [4.69, 9.17) is 21.4 Å². The van der Waals surface area contributed by atoms with Crippen molar-refractivity contribution in [2.45, 2.75) is 0 Å². The Balaban J connectivity index is 1.61. The lowest BCUT2D eigenvalue weighted by Gasteiger charge is -2.11. The van der Waals surface area contributed by atoms with Gasteiger partial charge in [0.2, 0.25) is 0 Å². The highest BCUT2D eigenvalue weighted by atomic mass is 79.9. The summed E-state index contributed by atoms with van der Waals surface area (Å²) in [5.74, 6) is 0.465. The molecule has 1 amide bonds. The quantitative estimate of drug-likeness (QED) is 0.362. The third kappa shape index (κ3) is 4.35. The third-order valence-corrected chi connectivity index (χ3v) is 4.65. The number of hydrogen-bond acceptors (Lipinski definition) is 4. The summed E-state index contributed by atoms with van der Waals surface area (Å²) < 4.78 is 12.3. The summed E-state index contributed by atoms with van der Waals surface area (Å²) in [5.41, 5.74) is 6.49. The molecule has 0 saturated carbocycles. The van der Waals surface area contributed by atoms with Crippen LogP contribution >= 0.6 is 44.1 Å². The predicted molar refractivity (Wildman–Crippen MR) is 111 cm³/mol. The first-order chi connectivity index (χ1) is 12.5. The number of ether oxygens (including phenoxy) is 1. The molecule has 0 atom stereocenters. The first kappa shape index (κ1) is 18.7. The number of carbonyl (C=O) groups is 1. The van der Waals surface area contributed by atoms with Crippen molar-refractivity contribution >= 4 is 71.8 Å². The lowest BCUT2D eigenvalue weighted by atomic mass is 10.2. The largest absolute Gasteiger partial charge is 0.497 e. The number of anilines is 1. The van der Waals surface area contributed by atoms with E-state index < -0.39 is 5.91 Å². The second kappa shape index (κ2) is 8.07. The number of amides is 1. The highest BCUT2D eigenvalue weighted by Gasteiger charge is 2.14. The van der Waals surface area contributed by atoms with Gasteiger partial charge in [0, 0.05) is 15.5 Å². The normalized spacial score (nSPS) is 10.4. The number of benzene rings is 2. The number of hydrazine groups is 1. The van der Waals surface area contributed by atoms with Gasteiger partial charge >= 0.3 is 5.91 Å². The highest BCUT2D eigenvalue weighted by Crippen LogP contribution is 2.30. The molecule has 3 aromatic rings. The molecule has 2 aromatic carbocycles. The fraction of sp³-hybridized carbons (Fsp3) is 0.0588. The van der Waals surface area contributed by atoms with Crippen molar-refractivity contribution < 1.29 is 13.9 Å². The predicted octanol–water partition coefficient (Wildman–Crippen LogP) is 4.60. The van der Waals surface area contributed by atoms with Crippen molar-refractivity contribution in [2.24, 2.45) is 0 Å². The molecule has 0 bridgehead atoms. The number of thiocarbonyl (C=S) groups is 1. The number of carbonyl (C=O) groups excluding carboxylic acids is 1. The summed E-state index contributed by atoms with van der Waals surface area (Å²) in [6, 6.07) is 12.6.